The van der Waals surface area contributed by atoms with E-state index in [1.54, 1.807) is 0 Å². The number of aliphatic hydroxyl groups excluding tert-OH is 3. The van der Waals surface area contributed by atoms with Crippen LogP contribution in [0.1, 0.15) is 21.5 Å². The SMILES string of the molecule is C=C1c2c(Cl)ccc(O)c2C(O)=C2C(=O)[C@]3(O)C(O)=C(C(N)=O)C(=O)[C@@H](N(C)C)[C@H]3[C@@H](O)[C@H]12.O=C(OS(=O)(=O)O)c1ccccc1O. The lowest BCUT2D eigenvalue weighted by molar-refractivity contribution is -0.166. The van der Waals surface area contributed by atoms with Crippen LogP contribution in [0.25, 0.3) is 11.3 Å². The van der Waals surface area contributed by atoms with Crippen LogP contribution in [0.4, 0.5) is 0 Å². The second-order valence-corrected chi connectivity index (χ2v) is 12.3. The van der Waals surface area contributed by atoms with Gasteiger partial charge in [0, 0.05) is 16.5 Å². The molecule has 0 unspecified atom stereocenters. The highest BCUT2D eigenvalue weighted by Gasteiger charge is 2.68. The largest absolute Gasteiger partial charge is 0.508 e. The van der Waals surface area contributed by atoms with E-state index in [9.17, 15) is 53.1 Å². The van der Waals surface area contributed by atoms with Crippen molar-refractivity contribution in [2.75, 3.05) is 14.1 Å². The van der Waals surface area contributed by atoms with Gasteiger partial charge >= 0.3 is 16.4 Å². The Labute approximate surface area is 270 Å². The van der Waals surface area contributed by atoms with Crippen molar-refractivity contribution in [3.8, 4) is 11.5 Å². The molecule has 16 nitrogen and oxygen atoms in total. The fourth-order valence-electron chi connectivity index (χ4n) is 6.05. The summed E-state index contributed by atoms with van der Waals surface area (Å²) < 4.78 is 32.1. The minimum atomic E-state index is -4.85. The summed E-state index contributed by atoms with van der Waals surface area (Å²) in [5, 5.41) is 64.1. The van der Waals surface area contributed by atoms with E-state index in [4.69, 9.17) is 27.0 Å². The van der Waals surface area contributed by atoms with Gasteiger partial charge in [0.15, 0.2) is 11.4 Å². The van der Waals surface area contributed by atoms with Gasteiger partial charge in [0.05, 0.1) is 29.2 Å². The van der Waals surface area contributed by atoms with E-state index in [-0.39, 0.29) is 27.3 Å². The van der Waals surface area contributed by atoms with Gasteiger partial charge in [-0.05, 0) is 43.9 Å². The first-order chi connectivity index (χ1) is 21.7. The third kappa shape index (κ3) is 5.62. The van der Waals surface area contributed by atoms with Gasteiger partial charge in [-0.25, -0.2) is 4.79 Å². The molecule has 47 heavy (non-hydrogen) atoms. The average Bonchev–Trinajstić information content (AvgIpc) is 2.95. The van der Waals surface area contributed by atoms with Crippen molar-refractivity contribution in [1.82, 2.24) is 4.90 Å². The first-order valence-electron chi connectivity index (χ1n) is 13.2. The van der Waals surface area contributed by atoms with Gasteiger partial charge in [0.2, 0.25) is 5.78 Å². The maximum Gasteiger partial charge on any atom is 0.449 e. The molecule has 0 saturated heterocycles. The Bertz CT molecular complexity index is 1940. The summed E-state index contributed by atoms with van der Waals surface area (Å²) in [7, 11) is -2.01. The van der Waals surface area contributed by atoms with Crippen molar-refractivity contribution in [3.63, 3.8) is 0 Å². The normalized spacial score (nSPS) is 25.4. The minimum Gasteiger partial charge on any atom is -0.508 e. The van der Waals surface area contributed by atoms with Crippen LogP contribution < -0.4 is 5.73 Å². The number of benzene rings is 2. The number of para-hydroxylation sites is 1. The lowest BCUT2D eigenvalue weighted by Crippen LogP contribution is -2.70. The maximum atomic E-state index is 13.7. The Morgan fingerprint density at radius 2 is 1.62 bits per heavy atom. The van der Waals surface area contributed by atoms with Crippen LogP contribution in [-0.4, -0.2) is 104 Å². The third-order valence-electron chi connectivity index (χ3n) is 7.98. The number of nitrogens with zero attached hydrogens (tertiary/aromatic N) is 1. The topological polar surface area (TPSA) is 283 Å². The third-order valence-corrected chi connectivity index (χ3v) is 8.65. The smallest absolute Gasteiger partial charge is 0.449 e. The number of likely N-dealkylation sites (N-methyl/N-ethyl adjacent to an activating group) is 1. The summed E-state index contributed by atoms with van der Waals surface area (Å²) in [5.41, 5.74) is 0.292. The fraction of sp³-hybridized carbons (Fsp3) is 0.241. The zero-order chi connectivity index (χ0) is 35.5. The first kappa shape index (κ1) is 35.1. The first-order valence-corrected chi connectivity index (χ1v) is 14.9. The number of Topliss-reactive ketones (excluding diaryl/α,β-unsaturated/α-hetero) is 2. The molecule has 0 aliphatic heterocycles. The molecule has 1 saturated carbocycles. The summed E-state index contributed by atoms with van der Waals surface area (Å²) in [6.45, 7) is 3.89. The van der Waals surface area contributed by atoms with Crippen LogP contribution in [0.2, 0.25) is 5.02 Å². The number of phenolic OH excluding ortho intramolecular Hbond substituents is 2. The summed E-state index contributed by atoms with van der Waals surface area (Å²) in [6.07, 6.45) is -1.75. The van der Waals surface area contributed by atoms with Crippen LogP contribution in [0, 0.1) is 11.8 Å². The van der Waals surface area contributed by atoms with Gasteiger partial charge < -0.3 is 40.6 Å². The number of hydrogen-bond acceptors (Lipinski definition) is 14. The average molecular weight is 695 g/mol. The van der Waals surface area contributed by atoms with E-state index in [1.807, 2.05) is 0 Å². The number of carbonyl (C=O) groups excluding carboxylic acids is 4. The number of hydrogen-bond donors (Lipinski definition) is 8. The Morgan fingerprint density at radius 1 is 1.02 bits per heavy atom. The lowest BCUT2D eigenvalue weighted by atomic mass is 9.55. The van der Waals surface area contributed by atoms with Crippen LogP contribution in [0.5, 0.6) is 11.5 Å². The van der Waals surface area contributed by atoms with Crippen molar-refractivity contribution in [2.24, 2.45) is 17.6 Å². The number of ketones is 2. The number of rotatable bonds is 4. The molecule has 5 atom stereocenters. The summed E-state index contributed by atoms with van der Waals surface area (Å²) >= 11 is 6.25. The molecule has 0 radical (unpaired) electrons. The summed E-state index contributed by atoms with van der Waals surface area (Å²) in [6, 6.07) is 6.26. The highest BCUT2D eigenvalue weighted by atomic mass is 35.5. The van der Waals surface area contributed by atoms with Crippen molar-refractivity contribution in [1.29, 1.82) is 0 Å². The van der Waals surface area contributed by atoms with Crippen molar-refractivity contribution < 1.29 is 67.0 Å². The summed E-state index contributed by atoms with van der Waals surface area (Å²) in [4.78, 5) is 50.9. The Kier molecular flexibility index (Phi) is 9.03. The number of nitrogens with two attached hydrogens (primary N) is 1. The van der Waals surface area contributed by atoms with Gasteiger partial charge in [0.1, 0.15) is 34.2 Å². The molecule has 0 heterocycles. The summed E-state index contributed by atoms with van der Waals surface area (Å²) in [5.74, 6) is -10.9. The van der Waals surface area contributed by atoms with Crippen molar-refractivity contribution >= 4 is 56.8 Å². The lowest BCUT2D eigenvalue weighted by Gasteiger charge is -2.52. The second-order valence-electron chi connectivity index (χ2n) is 10.9. The van der Waals surface area contributed by atoms with E-state index in [1.165, 1.54) is 49.3 Å². The predicted octanol–water partition coefficient (Wildman–Crippen LogP) is 0.411. The Hall–Kier alpha value is -4.78. The fourth-order valence-corrected chi connectivity index (χ4v) is 6.61. The molecular formula is C29H27ClN2O14S. The van der Waals surface area contributed by atoms with Crippen LogP contribution in [-0.2, 0) is 29.0 Å². The molecule has 0 bridgehead atoms. The molecule has 1 amide bonds. The van der Waals surface area contributed by atoms with Gasteiger partial charge in [-0.1, -0.05) is 30.3 Å². The number of phenols is 2. The Balaban J connectivity index is 0.000000300. The van der Waals surface area contributed by atoms with Gasteiger partial charge in [-0.3, -0.25) is 23.8 Å². The van der Waals surface area contributed by atoms with Crippen LogP contribution in [0.15, 0.2) is 59.9 Å². The molecule has 1 fully saturated rings. The molecule has 3 aliphatic carbocycles. The molecule has 3 aliphatic rings. The molecule has 0 spiro atoms. The number of amides is 1. The van der Waals surface area contributed by atoms with Gasteiger partial charge in [-0.2, -0.15) is 8.42 Å². The number of aromatic hydroxyl groups is 2. The highest BCUT2D eigenvalue weighted by molar-refractivity contribution is 7.81. The molecule has 5 rings (SSSR count). The number of primary amides is 1. The molecule has 9 N–H and O–H groups in total. The molecule has 0 aromatic heterocycles. The van der Waals surface area contributed by atoms with Crippen LogP contribution in [0.3, 0.4) is 0 Å². The molecule has 250 valence electrons. The quantitative estimate of drug-likeness (QED) is 0.159. The van der Waals surface area contributed by atoms with Crippen molar-refractivity contribution in [3.05, 3.63) is 81.6 Å². The van der Waals surface area contributed by atoms with E-state index in [0.29, 0.717) is 0 Å². The van der Waals surface area contributed by atoms with E-state index in [0.717, 1.165) is 6.07 Å². The minimum absolute atomic E-state index is 0.0516. The maximum absolute atomic E-state index is 13.7. The van der Waals surface area contributed by atoms with E-state index < -0.39 is 97.6 Å². The monoisotopic (exact) mass is 694 g/mol. The molecule has 2 aromatic carbocycles. The number of halogens is 1. The number of aliphatic hydroxyl groups is 4. The number of carbonyl (C=O) groups is 4. The van der Waals surface area contributed by atoms with Crippen molar-refractivity contribution in [2.45, 2.75) is 17.7 Å². The zero-order valence-electron chi connectivity index (χ0n) is 24.3. The molecule has 18 heteroatoms. The second kappa shape index (κ2) is 12.1. The zero-order valence-corrected chi connectivity index (χ0v) is 25.9. The van der Waals surface area contributed by atoms with Gasteiger partial charge in [0.25, 0.3) is 5.91 Å². The Morgan fingerprint density at radius 3 is 2.15 bits per heavy atom. The van der Waals surface area contributed by atoms with E-state index in [2.05, 4.69) is 10.8 Å². The number of fused-ring (bicyclic) bond motifs is 3. The highest BCUT2D eigenvalue weighted by Crippen LogP contribution is 2.56. The standard InChI is InChI=1S/C22H21ClN2O8.C7H6O6S/c1-6-9-7(23)4-5-8(26)11(9)16(27)12-10(6)17(28)14-15(25(2)3)18(29)13(21(24)32)20(31)22(14,33)19(12)30;8-6-4-2-1-3-5(6)7(9)13-14(10,11)12/h4-5,10,14-15,17,26-28,31,33H,1H2,2-3H3,(H2,24,32);1-4,8H,(H,10,11,12)/t10-,14+,15+,17+,22+;/m1./s1. The molecular weight excluding hydrogens is 668 g/mol. The van der Waals surface area contributed by atoms with Gasteiger partial charge in [-0.15, -0.1) is 0 Å². The predicted molar refractivity (Wildman–Crippen MR) is 161 cm³/mol. The van der Waals surface area contributed by atoms with E-state index >= 15 is 0 Å². The molecule has 2 aromatic rings. The van der Waals surface area contributed by atoms with Crippen LogP contribution >= 0.6 is 11.6 Å².